The molecule has 1 aromatic rings. The highest BCUT2D eigenvalue weighted by molar-refractivity contribution is 7.14. The molecule has 100 valence electrons. The van der Waals surface area contributed by atoms with Crippen LogP contribution in [0.4, 0.5) is 0 Å². The third-order valence-electron chi connectivity index (χ3n) is 3.45. The largest absolute Gasteiger partial charge is 0.348 e. The van der Waals surface area contributed by atoms with Crippen LogP contribution >= 0.6 is 11.3 Å². The fraction of sp³-hybridized carbons (Fsp3) is 0.643. The summed E-state index contributed by atoms with van der Waals surface area (Å²) in [5, 5.41) is 2.93. The van der Waals surface area contributed by atoms with Crippen LogP contribution in [0, 0.1) is 0 Å². The minimum Gasteiger partial charge on any atom is -0.348 e. The van der Waals surface area contributed by atoms with Crippen LogP contribution in [0.2, 0.25) is 0 Å². The highest BCUT2D eigenvalue weighted by atomic mass is 32.1. The molecule has 0 fully saturated rings. The van der Waals surface area contributed by atoms with Gasteiger partial charge in [0.15, 0.2) is 0 Å². The Bertz CT molecular complexity index is 388. The Balaban J connectivity index is 2.09. The number of aryl methyl sites for hydroxylation is 2. The van der Waals surface area contributed by atoms with Crippen LogP contribution in [0.25, 0.3) is 0 Å². The van der Waals surface area contributed by atoms with E-state index in [0.717, 1.165) is 17.7 Å². The summed E-state index contributed by atoms with van der Waals surface area (Å²) in [6.07, 6.45) is 7.42. The quantitative estimate of drug-likeness (QED) is 0.883. The van der Waals surface area contributed by atoms with Crippen LogP contribution in [0.5, 0.6) is 0 Å². The summed E-state index contributed by atoms with van der Waals surface area (Å²) in [5.74, 6) is 0.0321. The van der Waals surface area contributed by atoms with Gasteiger partial charge in [0.2, 0.25) is 0 Å². The smallest absolute Gasteiger partial charge is 0.261 e. The van der Waals surface area contributed by atoms with Crippen LogP contribution in [0.15, 0.2) is 6.07 Å². The molecule has 0 saturated heterocycles. The van der Waals surface area contributed by atoms with E-state index < -0.39 is 0 Å². The van der Waals surface area contributed by atoms with E-state index in [1.807, 2.05) is 6.92 Å². The monoisotopic (exact) mass is 266 g/mol. The minimum absolute atomic E-state index is 0.0321. The van der Waals surface area contributed by atoms with E-state index in [-0.39, 0.29) is 11.9 Å². The summed E-state index contributed by atoms with van der Waals surface area (Å²) in [4.78, 5) is 14.3. The Morgan fingerprint density at radius 3 is 2.83 bits per heavy atom. The van der Waals surface area contributed by atoms with Gasteiger partial charge in [0.1, 0.15) is 0 Å². The number of rotatable bonds is 3. The van der Waals surface area contributed by atoms with Crippen molar-refractivity contribution in [2.45, 2.75) is 51.5 Å². The van der Waals surface area contributed by atoms with E-state index >= 15 is 0 Å². The summed E-state index contributed by atoms with van der Waals surface area (Å²) < 4.78 is 0. The van der Waals surface area contributed by atoms with Crippen molar-refractivity contribution in [3.63, 3.8) is 0 Å². The van der Waals surface area contributed by atoms with E-state index in [1.165, 1.54) is 36.1 Å². The number of hydrogen-bond donors (Lipinski definition) is 2. The van der Waals surface area contributed by atoms with Crippen LogP contribution in [-0.4, -0.2) is 18.5 Å². The summed E-state index contributed by atoms with van der Waals surface area (Å²) in [7, 11) is 0. The predicted octanol–water partition coefficient (Wildman–Crippen LogP) is 2.48. The van der Waals surface area contributed by atoms with Crippen LogP contribution in [-0.2, 0) is 12.8 Å². The summed E-state index contributed by atoms with van der Waals surface area (Å²) >= 11 is 1.67. The fourth-order valence-electron chi connectivity index (χ4n) is 2.31. The van der Waals surface area contributed by atoms with E-state index in [9.17, 15) is 4.79 Å². The van der Waals surface area contributed by atoms with E-state index in [0.29, 0.717) is 6.54 Å². The Labute approximate surface area is 113 Å². The summed E-state index contributed by atoms with van der Waals surface area (Å²) in [6, 6.07) is 2.13. The van der Waals surface area contributed by atoms with Gasteiger partial charge >= 0.3 is 0 Å². The van der Waals surface area contributed by atoms with Crippen molar-refractivity contribution in [3.05, 3.63) is 21.4 Å². The number of fused-ring (bicyclic) bond motifs is 1. The van der Waals surface area contributed by atoms with Crippen molar-refractivity contribution >= 4 is 17.2 Å². The van der Waals surface area contributed by atoms with E-state index in [4.69, 9.17) is 5.73 Å². The van der Waals surface area contributed by atoms with Gasteiger partial charge < -0.3 is 11.1 Å². The summed E-state index contributed by atoms with van der Waals surface area (Å²) in [6.45, 7) is 2.42. The van der Waals surface area contributed by atoms with E-state index in [1.54, 1.807) is 11.3 Å². The molecule has 1 aromatic heterocycles. The number of amides is 1. The van der Waals surface area contributed by atoms with Crippen LogP contribution in [0.3, 0.4) is 0 Å². The number of nitrogens with one attached hydrogen (secondary N) is 1. The third kappa shape index (κ3) is 3.33. The average molecular weight is 266 g/mol. The first-order valence-electron chi connectivity index (χ1n) is 6.83. The lowest BCUT2D eigenvalue weighted by Gasteiger charge is -2.09. The lowest BCUT2D eigenvalue weighted by molar-refractivity contribution is 0.0945. The van der Waals surface area contributed by atoms with Crippen LogP contribution < -0.4 is 11.1 Å². The second-order valence-electron chi connectivity index (χ2n) is 5.08. The average Bonchev–Trinajstić information content (AvgIpc) is 2.71. The topological polar surface area (TPSA) is 55.1 Å². The lowest BCUT2D eigenvalue weighted by atomic mass is 10.00. The van der Waals surface area contributed by atoms with Crippen molar-refractivity contribution in [1.82, 2.24) is 5.32 Å². The molecule has 1 atom stereocenters. The zero-order valence-corrected chi connectivity index (χ0v) is 11.8. The minimum atomic E-state index is 0.0321. The number of carbonyl (C=O) groups excluding carboxylic acids is 1. The third-order valence-corrected chi connectivity index (χ3v) is 4.69. The Hall–Kier alpha value is -0.870. The number of carbonyl (C=O) groups is 1. The van der Waals surface area contributed by atoms with Gasteiger partial charge in [-0.2, -0.15) is 0 Å². The molecule has 0 aliphatic heterocycles. The van der Waals surface area contributed by atoms with Gasteiger partial charge in [0, 0.05) is 17.5 Å². The first kappa shape index (κ1) is 13.6. The van der Waals surface area contributed by atoms with E-state index in [2.05, 4.69) is 11.4 Å². The van der Waals surface area contributed by atoms with Gasteiger partial charge in [-0.1, -0.05) is 12.8 Å². The second kappa shape index (κ2) is 6.34. The van der Waals surface area contributed by atoms with Gasteiger partial charge in [-0.15, -0.1) is 11.3 Å². The second-order valence-corrected chi connectivity index (χ2v) is 6.22. The fourth-order valence-corrected chi connectivity index (χ4v) is 3.47. The molecule has 0 saturated carbocycles. The molecule has 1 amide bonds. The first-order chi connectivity index (χ1) is 8.70. The molecule has 0 radical (unpaired) electrons. The molecule has 0 spiro atoms. The number of thiophene rings is 1. The van der Waals surface area contributed by atoms with Gasteiger partial charge in [-0.25, -0.2) is 0 Å². The molecule has 1 aliphatic rings. The van der Waals surface area contributed by atoms with Crippen molar-refractivity contribution < 1.29 is 4.79 Å². The maximum Gasteiger partial charge on any atom is 0.261 e. The molecular weight excluding hydrogens is 244 g/mol. The first-order valence-corrected chi connectivity index (χ1v) is 7.65. The molecule has 1 aliphatic carbocycles. The predicted molar refractivity (Wildman–Crippen MR) is 76.2 cm³/mol. The molecule has 3 nitrogen and oxygen atoms in total. The molecule has 0 aromatic carbocycles. The maximum absolute atomic E-state index is 12.0. The molecular formula is C14H22N2OS. The van der Waals surface area contributed by atoms with Gasteiger partial charge in [-0.3, -0.25) is 4.79 Å². The highest BCUT2D eigenvalue weighted by Gasteiger charge is 2.16. The maximum atomic E-state index is 12.0. The summed E-state index contributed by atoms with van der Waals surface area (Å²) in [5.41, 5.74) is 6.92. The molecule has 18 heavy (non-hydrogen) atoms. The molecule has 3 N–H and O–H groups in total. The van der Waals surface area contributed by atoms with Crippen molar-refractivity contribution in [1.29, 1.82) is 0 Å². The lowest BCUT2D eigenvalue weighted by Crippen LogP contribution is -2.37. The van der Waals surface area contributed by atoms with Crippen molar-refractivity contribution in [3.8, 4) is 0 Å². The van der Waals surface area contributed by atoms with Gasteiger partial charge in [0.05, 0.1) is 4.88 Å². The standard InChI is InChI=1S/C14H22N2OS/c1-10(9-15)16-14(17)13-8-11-6-4-2-3-5-7-12(11)18-13/h8,10H,2-7,9,15H2,1H3,(H,16,17)/t10-/m0/s1. The van der Waals surface area contributed by atoms with Crippen LogP contribution in [0.1, 0.15) is 52.7 Å². The molecule has 1 heterocycles. The normalized spacial score (nSPS) is 17.4. The Kier molecular flexibility index (Phi) is 4.78. The molecule has 0 unspecified atom stereocenters. The highest BCUT2D eigenvalue weighted by Crippen LogP contribution is 2.28. The zero-order valence-electron chi connectivity index (χ0n) is 11.0. The van der Waals surface area contributed by atoms with Gasteiger partial charge in [-0.05, 0) is 44.2 Å². The van der Waals surface area contributed by atoms with Crippen molar-refractivity contribution in [2.24, 2.45) is 5.73 Å². The number of nitrogens with two attached hydrogens (primary N) is 1. The zero-order chi connectivity index (χ0) is 13.0. The number of hydrogen-bond acceptors (Lipinski definition) is 3. The molecule has 2 rings (SSSR count). The molecule has 4 heteroatoms. The SMILES string of the molecule is C[C@@H](CN)NC(=O)c1cc2c(s1)CCCCCC2. The Morgan fingerprint density at radius 1 is 1.39 bits per heavy atom. The molecule has 0 bridgehead atoms. The van der Waals surface area contributed by atoms with Crippen molar-refractivity contribution in [2.75, 3.05) is 6.54 Å². The van der Waals surface area contributed by atoms with Gasteiger partial charge in [0.25, 0.3) is 5.91 Å². The Morgan fingerprint density at radius 2 is 2.11 bits per heavy atom.